The molecule has 0 aromatic heterocycles. The summed E-state index contributed by atoms with van der Waals surface area (Å²) in [6.07, 6.45) is 11.2. The number of nitrogens with two attached hydrogens (primary N) is 1. The Morgan fingerprint density at radius 2 is 0.857 bits per heavy atom. The fraction of sp³-hybridized carbons (Fsp3) is 0.478. The van der Waals surface area contributed by atoms with Gasteiger partial charge >= 0.3 is 0 Å². The lowest BCUT2D eigenvalue weighted by Gasteiger charge is -2.21. The van der Waals surface area contributed by atoms with Crippen molar-refractivity contribution < 1.29 is 33.7 Å². The minimum atomic E-state index is -0.437. The maximum absolute atomic E-state index is 10.5. The van der Waals surface area contributed by atoms with Crippen LogP contribution in [0, 0.1) is 42.2 Å². The number of hydrogen-bond donors (Lipinski definition) is 2. The molecule has 0 amide bonds. The topological polar surface area (TPSA) is 192 Å². The standard InChI is InChI=1S/C12H15NO3.C12H17NO.C11H13NO3S.C6H5NO2S.C5H9BrO/c14-13(15)12-3-1-10(2-4-12)9-11-5-7-16-8-6-11;13-12-3-1-10(2-4-12)9-11-5-7-14-8-6-11;13-12(14)9-1-3-10(4-2-9)16-11-5-7-15-8-6-11;8-7(9)5-1-3-6(10)4-2-5;6-5-1-3-7-4-2-5/h1-4,11H,5-9H2;1-4,11H,5-9,13H2;1-4,11H,5-8H2;1-4,10H;5H,1-4H2. The molecule has 4 heterocycles. The number of non-ortho nitro benzene ring substituents is 3. The number of thiol groups is 1. The van der Waals surface area contributed by atoms with Crippen molar-refractivity contribution in [3.8, 4) is 0 Å². The van der Waals surface area contributed by atoms with Crippen LogP contribution in [0.3, 0.4) is 0 Å². The number of halogens is 1. The van der Waals surface area contributed by atoms with Crippen molar-refractivity contribution in [1.29, 1.82) is 0 Å². The molecule has 0 aliphatic carbocycles. The maximum Gasteiger partial charge on any atom is 0.269 e. The Balaban J connectivity index is 0.000000177. The maximum atomic E-state index is 10.5. The van der Waals surface area contributed by atoms with Crippen LogP contribution in [0.2, 0.25) is 0 Å². The van der Waals surface area contributed by atoms with Gasteiger partial charge in [-0.1, -0.05) is 40.2 Å². The molecule has 0 spiro atoms. The Hall–Kier alpha value is -4.10. The second-order valence-corrected chi connectivity index (χ2v) is 18.6. The molecule has 4 aliphatic heterocycles. The average Bonchev–Trinajstić information content (AvgIpc) is 3.30. The van der Waals surface area contributed by atoms with Gasteiger partial charge < -0.3 is 24.7 Å². The molecule has 4 aromatic rings. The van der Waals surface area contributed by atoms with Crippen molar-refractivity contribution in [2.24, 2.45) is 11.8 Å². The quantitative estimate of drug-likeness (QED) is 0.0531. The highest BCUT2D eigenvalue weighted by Gasteiger charge is 2.17. The van der Waals surface area contributed by atoms with Gasteiger partial charge in [-0.2, -0.15) is 0 Å². The summed E-state index contributed by atoms with van der Waals surface area (Å²) in [7, 11) is 0. The van der Waals surface area contributed by atoms with Crippen molar-refractivity contribution in [2.75, 3.05) is 58.6 Å². The molecule has 342 valence electrons. The van der Waals surface area contributed by atoms with Gasteiger partial charge in [0.2, 0.25) is 0 Å². The molecule has 2 N–H and O–H groups in total. The zero-order chi connectivity index (χ0) is 45.2. The van der Waals surface area contributed by atoms with E-state index in [2.05, 4.69) is 40.7 Å². The van der Waals surface area contributed by atoms with Gasteiger partial charge in [0.1, 0.15) is 0 Å². The highest BCUT2D eigenvalue weighted by atomic mass is 79.9. The third-order valence-corrected chi connectivity index (χ3v) is 13.2. The number of anilines is 1. The Morgan fingerprint density at radius 3 is 1.22 bits per heavy atom. The third-order valence-electron chi connectivity index (χ3n) is 10.6. The largest absolute Gasteiger partial charge is 0.399 e. The molecule has 4 fully saturated rings. The van der Waals surface area contributed by atoms with E-state index in [4.69, 9.17) is 24.7 Å². The van der Waals surface area contributed by atoms with E-state index >= 15 is 0 Å². The van der Waals surface area contributed by atoms with Crippen LogP contribution in [0.1, 0.15) is 62.5 Å². The highest BCUT2D eigenvalue weighted by molar-refractivity contribution is 9.09. The van der Waals surface area contributed by atoms with E-state index in [1.165, 1.54) is 55.4 Å². The molecule has 8 rings (SSSR count). The summed E-state index contributed by atoms with van der Waals surface area (Å²) in [5.74, 6) is 1.46. The number of benzene rings is 4. The molecule has 4 aliphatic rings. The monoisotopic (exact) mass is 970 g/mol. The lowest BCUT2D eigenvalue weighted by Crippen LogP contribution is -2.17. The fourth-order valence-electron chi connectivity index (χ4n) is 6.85. The summed E-state index contributed by atoms with van der Waals surface area (Å²) >= 11 is 9.27. The van der Waals surface area contributed by atoms with Gasteiger partial charge in [0.25, 0.3) is 17.1 Å². The van der Waals surface area contributed by atoms with E-state index in [1.54, 1.807) is 48.2 Å². The number of nitro benzene ring substituents is 3. The number of nitrogen functional groups attached to an aromatic ring is 1. The molecule has 0 saturated carbocycles. The smallest absolute Gasteiger partial charge is 0.269 e. The van der Waals surface area contributed by atoms with Gasteiger partial charge in [0, 0.05) is 115 Å². The number of ether oxygens (including phenoxy) is 4. The summed E-state index contributed by atoms with van der Waals surface area (Å²) in [6.45, 7) is 7.08. The predicted octanol–water partition coefficient (Wildman–Crippen LogP) is 11.1. The number of thioether (sulfide) groups is 1. The van der Waals surface area contributed by atoms with Crippen LogP contribution in [-0.2, 0) is 31.8 Å². The second-order valence-electron chi connectivity index (χ2n) is 15.4. The number of alkyl halides is 1. The highest BCUT2D eigenvalue weighted by Crippen LogP contribution is 2.31. The Bertz CT molecular complexity index is 1830. The van der Waals surface area contributed by atoms with Crippen LogP contribution in [-0.4, -0.2) is 77.7 Å². The van der Waals surface area contributed by atoms with E-state index in [9.17, 15) is 30.3 Å². The van der Waals surface area contributed by atoms with Crippen molar-refractivity contribution in [3.63, 3.8) is 0 Å². The minimum absolute atomic E-state index is 0.0952. The van der Waals surface area contributed by atoms with E-state index in [0.29, 0.717) is 11.2 Å². The Labute approximate surface area is 388 Å². The third kappa shape index (κ3) is 21.4. The van der Waals surface area contributed by atoms with Crippen LogP contribution in [0.15, 0.2) is 107 Å². The lowest BCUT2D eigenvalue weighted by molar-refractivity contribution is -0.385. The Morgan fingerprint density at radius 1 is 0.524 bits per heavy atom. The molecule has 14 nitrogen and oxygen atoms in total. The van der Waals surface area contributed by atoms with Crippen molar-refractivity contribution in [3.05, 3.63) is 139 Å². The van der Waals surface area contributed by atoms with E-state index < -0.39 is 4.92 Å². The van der Waals surface area contributed by atoms with Crippen LogP contribution in [0.4, 0.5) is 22.7 Å². The zero-order valence-corrected chi connectivity index (χ0v) is 38.8. The van der Waals surface area contributed by atoms with Crippen LogP contribution in [0.25, 0.3) is 0 Å². The van der Waals surface area contributed by atoms with E-state index in [1.807, 2.05) is 36.4 Å². The van der Waals surface area contributed by atoms with Crippen molar-refractivity contribution >= 4 is 63.1 Å². The van der Waals surface area contributed by atoms with Crippen molar-refractivity contribution in [1.82, 2.24) is 0 Å². The number of nitrogens with zero attached hydrogens (tertiary/aromatic N) is 3. The second kappa shape index (κ2) is 29.4. The van der Waals surface area contributed by atoms with Gasteiger partial charge in [-0.25, -0.2) is 0 Å². The number of nitro groups is 3. The summed E-state index contributed by atoms with van der Waals surface area (Å²) in [5, 5.41) is 31.6. The van der Waals surface area contributed by atoms with Gasteiger partial charge in [0.15, 0.2) is 0 Å². The molecular formula is C46H59BrN4O10S2. The SMILES string of the molecule is BrC1CCOCC1.Nc1ccc(CC2CCOCC2)cc1.O=[N+]([O-])c1ccc(CC2CCOCC2)cc1.O=[N+]([O-])c1ccc(S)cc1.O=[N+]([O-])c1ccc(SC2CCOCC2)cc1. The molecule has 17 heteroatoms. The van der Waals surface area contributed by atoms with Gasteiger partial charge in [0.05, 0.1) is 14.8 Å². The van der Waals surface area contributed by atoms with Crippen LogP contribution >= 0.6 is 40.3 Å². The molecule has 0 radical (unpaired) electrons. The first-order valence-electron chi connectivity index (χ1n) is 21.3. The normalized spacial score (nSPS) is 17.1. The minimum Gasteiger partial charge on any atom is -0.399 e. The number of rotatable bonds is 9. The van der Waals surface area contributed by atoms with Gasteiger partial charge in [-0.05, 0) is 124 Å². The first kappa shape index (κ1) is 51.5. The first-order valence-corrected chi connectivity index (χ1v) is 23.6. The average molecular weight is 972 g/mol. The van der Waals surface area contributed by atoms with Gasteiger partial charge in [-0.3, -0.25) is 30.3 Å². The van der Waals surface area contributed by atoms with Crippen molar-refractivity contribution in [2.45, 2.75) is 84.1 Å². The summed E-state index contributed by atoms with van der Waals surface area (Å²) in [4.78, 5) is 32.4. The van der Waals surface area contributed by atoms with E-state index in [0.717, 1.165) is 111 Å². The summed E-state index contributed by atoms with van der Waals surface area (Å²) in [6, 6.07) is 27.8. The molecule has 4 aromatic carbocycles. The molecular weight excluding hydrogens is 913 g/mol. The molecule has 0 atom stereocenters. The molecule has 0 bridgehead atoms. The predicted molar refractivity (Wildman–Crippen MR) is 254 cm³/mol. The van der Waals surface area contributed by atoms with E-state index in [-0.39, 0.29) is 26.9 Å². The summed E-state index contributed by atoms with van der Waals surface area (Å²) in [5.41, 5.74) is 9.47. The number of hydrogen-bond acceptors (Lipinski definition) is 13. The molecule has 63 heavy (non-hydrogen) atoms. The fourth-order valence-corrected chi connectivity index (χ4v) is 8.48. The van der Waals surface area contributed by atoms with Gasteiger partial charge in [-0.15, -0.1) is 24.4 Å². The zero-order valence-electron chi connectivity index (χ0n) is 35.5. The molecule has 0 unspecified atom stereocenters. The Kier molecular flexibility index (Phi) is 24.0. The first-order chi connectivity index (χ1) is 30.4. The van der Waals surface area contributed by atoms with Crippen LogP contribution < -0.4 is 5.73 Å². The summed E-state index contributed by atoms with van der Waals surface area (Å²) < 4.78 is 21.0. The molecule has 4 saturated heterocycles. The van der Waals surface area contributed by atoms with Crippen LogP contribution in [0.5, 0.6) is 0 Å². The lowest BCUT2D eigenvalue weighted by atomic mass is 9.92.